The van der Waals surface area contributed by atoms with Gasteiger partial charge in [-0.2, -0.15) is 5.10 Å². The minimum atomic E-state index is -0.338. The second kappa shape index (κ2) is 4.83. The van der Waals surface area contributed by atoms with Crippen LogP contribution in [0, 0.1) is 0 Å². The summed E-state index contributed by atoms with van der Waals surface area (Å²) in [5.41, 5.74) is 3.61. The van der Waals surface area contributed by atoms with Gasteiger partial charge in [0.05, 0.1) is 11.2 Å². The van der Waals surface area contributed by atoms with Crippen molar-refractivity contribution >= 4 is 5.91 Å². The van der Waals surface area contributed by atoms with Crippen LogP contribution in [-0.2, 0) is 17.6 Å². The highest BCUT2D eigenvalue weighted by atomic mass is 16.2. The minimum Gasteiger partial charge on any atom is -0.340 e. The summed E-state index contributed by atoms with van der Waals surface area (Å²) in [4.78, 5) is 14.9. The van der Waals surface area contributed by atoms with Crippen LogP contribution in [0.5, 0.6) is 0 Å². The second-order valence-corrected chi connectivity index (χ2v) is 6.99. The third-order valence-corrected chi connectivity index (χ3v) is 5.34. The third kappa shape index (κ3) is 2.27. The lowest BCUT2D eigenvalue weighted by Gasteiger charge is -2.31. The monoisotopic (exact) mass is 288 g/mol. The summed E-state index contributed by atoms with van der Waals surface area (Å²) in [5.74, 6) is 0.965. The molecule has 5 nitrogen and oxygen atoms in total. The van der Waals surface area contributed by atoms with Crippen molar-refractivity contribution in [3.05, 3.63) is 17.0 Å². The molecule has 21 heavy (non-hydrogen) atoms. The molecule has 114 valence electrons. The first-order valence-corrected chi connectivity index (χ1v) is 8.28. The molecule has 2 N–H and O–H groups in total. The molecule has 1 aromatic rings. The zero-order chi connectivity index (χ0) is 14.4. The fourth-order valence-electron chi connectivity index (χ4n) is 3.83. The number of nitrogens with zero attached hydrogens (tertiary/aromatic N) is 2. The van der Waals surface area contributed by atoms with E-state index in [4.69, 9.17) is 0 Å². The fourth-order valence-corrected chi connectivity index (χ4v) is 3.83. The number of hydrogen-bond acceptors (Lipinski definition) is 3. The molecule has 0 unspecified atom stereocenters. The molecule has 3 heterocycles. The van der Waals surface area contributed by atoms with E-state index in [1.807, 2.05) is 0 Å². The van der Waals surface area contributed by atoms with Gasteiger partial charge in [0.25, 0.3) is 0 Å². The predicted molar refractivity (Wildman–Crippen MR) is 80.2 cm³/mol. The smallest absolute Gasteiger partial charge is 0.242 e. The molecule has 2 aliphatic heterocycles. The summed E-state index contributed by atoms with van der Waals surface area (Å²) >= 11 is 0. The normalized spacial score (nSPS) is 29.3. The fraction of sp³-hybridized carbons (Fsp3) is 0.750. The molecule has 0 bridgehead atoms. The van der Waals surface area contributed by atoms with Gasteiger partial charge in [-0.05, 0) is 51.1 Å². The molecule has 0 spiro atoms. The molecule has 3 aliphatic rings. The summed E-state index contributed by atoms with van der Waals surface area (Å²) < 4.78 is 0. The van der Waals surface area contributed by atoms with Crippen molar-refractivity contribution in [1.82, 2.24) is 20.4 Å². The number of fused-ring (bicyclic) bond motifs is 1. The van der Waals surface area contributed by atoms with E-state index in [1.165, 1.54) is 29.8 Å². The number of carbonyl (C=O) groups is 1. The number of aromatic amines is 1. The molecule has 1 aliphatic carbocycles. The Kier molecular flexibility index (Phi) is 3.06. The van der Waals surface area contributed by atoms with Gasteiger partial charge in [-0.15, -0.1) is 0 Å². The standard InChI is InChI=1S/C16H24N4O/c1-16(7-2-8-17-16)15(21)20-9-5-12-13(6-10-20)18-19-14(12)11-3-4-11/h11,17H,2-10H2,1H3,(H,18,19)/t16-/m0/s1. The number of hydrogen-bond donors (Lipinski definition) is 2. The first kappa shape index (κ1) is 13.3. The van der Waals surface area contributed by atoms with Crippen molar-refractivity contribution in [2.45, 2.75) is 56.9 Å². The highest BCUT2D eigenvalue weighted by Gasteiger charge is 2.39. The van der Waals surface area contributed by atoms with Gasteiger partial charge >= 0.3 is 0 Å². The summed E-state index contributed by atoms with van der Waals surface area (Å²) in [5, 5.41) is 11.1. The second-order valence-electron chi connectivity index (χ2n) is 6.99. The zero-order valence-corrected chi connectivity index (χ0v) is 12.7. The molecule has 1 aromatic heterocycles. The molecular weight excluding hydrogens is 264 g/mol. The van der Waals surface area contributed by atoms with Crippen LogP contribution in [-0.4, -0.2) is 46.2 Å². The molecule has 5 heteroatoms. The number of amides is 1. The van der Waals surface area contributed by atoms with Crippen molar-refractivity contribution < 1.29 is 4.79 Å². The van der Waals surface area contributed by atoms with Crippen LogP contribution in [0.1, 0.15) is 55.5 Å². The van der Waals surface area contributed by atoms with Crippen LogP contribution >= 0.6 is 0 Å². The molecular formula is C16H24N4O. The highest BCUT2D eigenvalue weighted by molar-refractivity contribution is 5.86. The lowest BCUT2D eigenvalue weighted by molar-refractivity contribution is -0.137. The van der Waals surface area contributed by atoms with Gasteiger partial charge in [-0.1, -0.05) is 0 Å². The SMILES string of the molecule is C[C@@]1(C(=O)N2CCc3[nH]nc(C4CC4)c3CC2)CCCN1. The average molecular weight is 288 g/mol. The van der Waals surface area contributed by atoms with E-state index in [2.05, 4.69) is 27.3 Å². The molecule has 4 rings (SSSR count). The van der Waals surface area contributed by atoms with Gasteiger partial charge in [0.15, 0.2) is 0 Å². The molecule has 2 fully saturated rings. The van der Waals surface area contributed by atoms with Gasteiger partial charge in [0.2, 0.25) is 5.91 Å². The first-order chi connectivity index (χ1) is 10.2. The van der Waals surface area contributed by atoms with Gasteiger partial charge in [-0.25, -0.2) is 0 Å². The number of rotatable bonds is 2. The van der Waals surface area contributed by atoms with E-state index in [0.717, 1.165) is 45.3 Å². The maximum atomic E-state index is 12.8. The highest BCUT2D eigenvalue weighted by Crippen LogP contribution is 2.41. The molecule has 0 aromatic carbocycles. The summed E-state index contributed by atoms with van der Waals surface area (Å²) in [6.07, 6.45) is 6.49. The maximum absolute atomic E-state index is 12.8. The van der Waals surface area contributed by atoms with Crippen LogP contribution in [0.25, 0.3) is 0 Å². The average Bonchev–Trinajstić information content (AvgIpc) is 3.17. The number of H-pyrrole nitrogens is 1. The van der Waals surface area contributed by atoms with E-state index in [0.29, 0.717) is 5.92 Å². The van der Waals surface area contributed by atoms with E-state index in [9.17, 15) is 4.79 Å². The zero-order valence-electron chi connectivity index (χ0n) is 12.7. The van der Waals surface area contributed by atoms with E-state index in [1.54, 1.807) is 0 Å². The van der Waals surface area contributed by atoms with E-state index >= 15 is 0 Å². The van der Waals surface area contributed by atoms with Crippen molar-refractivity contribution in [1.29, 1.82) is 0 Å². The molecule has 1 saturated carbocycles. The van der Waals surface area contributed by atoms with Crippen LogP contribution in [0.2, 0.25) is 0 Å². The predicted octanol–water partition coefficient (Wildman–Crippen LogP) is 1.36. The number of nitrogens with one attached hydrogen (secondary N) is 2. The van der Waals surface area contributed by atoms with Crippen molar-refractivity contribution in [2.75, 3.05) is 19.6 Å². The maximum Gasteiger partial charge on any atom is 0.242 e. The van der Waals surface area contributed by atoms with E-state index < -0.39 is 0 Å². The molecule has 1 saturated heterocycles. The summed E-state index contributed by atoms with van der Waals surface area (Å²) in [6, 6.07) is 0. The van der Waals surface area contributed by atoms with Crippen LogP contribution in [0.15, 0.2) is 0 Å². The van der Waals surface area contributed by atoms with Gasteiger partial charge in [-0.3, -0.25) is 9.89 Å². The van der Waals surface area contributed by atoms with Crippen LogP contribution in [0.4, 0.5) is 0 Å². The lowest BCUT2D eigenvalue weighted by atomic mass is 9.98. The Morgan fingerprint density at radius 1 is 1.33 bits per heavy atom. The van der Waals surface area contributed by atoms with Gasteiger partial charge in [0.1, 0.15) is 0 Å². The molecule has 0 radical (unpaired) electrons. The number of carbonyl (C=O) groups excluding carboxylic acids is 1. The minimum absolute atomic E-state index is 0.283. The Labute approximate surface area is 125 Å². The molecule has 1 amide bonds. The summed E-state index contributed by atoms with van der Waals surface area (Å²) in [7, 11) is 0. The van der Waals surface area contributed by atoms with Crippen molar-refractivity contribution in [3.63, 3.8) is 0 Å². The van der Waals surface area contributed by atoms with Crippen LogP contribution < -0.4 is 5.32 Å². The van der Waals surface area contributed by atoms with Crippen molar-refractivity contribution in [3.8, 4) is 0 Å². The van der Waals surface area contributed by atoms with Gasteiger partial charge < -0.3 is 10.2 Å². The Morgan fingerprint density at radius 3 is 2.86 bits per heavy atom. The van der Waals surface area contributed by atoms with Crippen molar-refractivity contribution in [2.24, 2.45) is 0 Å². The lowest BCUT2D eigenvalue weighted by Crippen LogP contribution is -2.53. The Hall–Kier alpha value is -1.36. The van der Waals surface area contributed by atoms with Crippen LogP contribution in [0.3, 0.4) is 0 Å². The Morgan fingerprint density at radius 2 is 2.14 bits per heavy atom. The molecule has 1 atom stereocenters. The van der Waals surface area contributed by atoms with E-state index in [-0.39, 0.29) is 11.4 Å². The largest absolute Gasteiger partial charge is 0.340 e. The number of aromatic nitrogens is 2. The third-order valence-electron chi connectivity index (χ3n) is 5.34. The topological polar surface area (TPSA) is 61.0 Å². The quantitative estimate of drug-likeness (QED) is 0.864. The van der Waals surface area contributed by atoms with Gasteiger partial charge in [0, 0.05) is 31.1 Å². The first-order valence-electron chi connectivity index (χ1n) is 8.28. The Bertz CT molecular complexity index is 555. The summed E-state index contributed by atoms with van der Waals surface area (Å²) in [6.45, 7) is 4.67. The Balaban J connectivity index is 1.50.